The van der Waals surface area contributed by atoms with Gasteiger partial charge in [-0.2, -0.15) is 10.2 Å². The van der Waals surface area contributed by atoms with Crippen LogP contribution >= 0.6 is 0 Å². The summed E-state index contributed by atoms with van der Waals surface area (Å²) >= 11 is 0. The zero-order valence-electron chi connectivity index (χ0n) is 11.9. The number of rotatable bonds is 3. The molecule has 0 aliphatic carbocycles. The first kappa shape index (κ1) is 13.7. The SMILES string of the molecule is Cc1ccn2ncc(C(=O)Nc3cn(C)nc3C(N)=O)c2n1. The average molecular weight is 299 g/mol. The fourth-order valence-electron chi connectivity index (χ4n) is 2.07. The fourth-order valence-corrected chi connectivity index (χ4v) is 2.07. The van der Waals surface area contributed by atoms with Crippen LogP contribution in [0.5, 0.6) is 0 Å². The highest BCUT2D eigenvalue weighted by molar-refractivity contribution is 6.10. The Morgan fingerprint density at radius 1 is 1.36 bits per heavy atom. The third-order valence-electron chi connectivity index (χ3n) is 3.06. The van der Waals surface area contributed by atoms with E-state index in [2.05, 4.69) is 20.5 Å². The van der Waals surface area contributed by atoms with E-state index in [0.29, 0.717) is 11.2 Å². The van der Waals surface area contributed by atoms with E-state index in [9.17, 15) is 9.59 Å². The second kappa shape index (κ2) is 4.95. The van der Waals surface area contributed by atoms with Gasteiger partial charge < -0.3 is 11.1 Å². The van der Waals surface area contributed by atoms with Crippen molar-refractivity contribution in [1.29, 1.82) is 0 Å². The van der Waals surface area contributed by atoms with Crippen molar-refractivity contribution in [3.63, 3.8) is 0 Å². The van der Waals surface area contributed by atoms with Crippen LogP contribution in [0.4, 0.5) is 5.69 Å². The zero-order chi connectivity index (χ0) is 15.9. The molecule has 3 aromatic heterocycles. The number of amides is 2. The van der Waals surface area contributed by atoms with E-state index >= 15 is 0 Å². The molecule has 0 aliphatic heterocycles. The Morgan fingerprint density at radius 3 is 2.86 bits per heavy atom. The summed E-state index contributed by atoms with van der Waals surface area (Å²) in [4.78, 5) is 28.0. The first-order valence-electron chi connectivity index (χ1n) is 6.41. The molecule has 0 spiro atoms. The van der Waals surface area contributed by atoms with Gasteiger partial charge in [0.25, 0.3) is 11.8 Å². The van der Waals surface area contributed by atoms with Crippen molar-refractivity contribution in [1.82, 2.24) is 24.4 Å². The molecule has 9 heteroatoms. The molecule has 0 aromatic carbocycles. The second-order valence-corrected chi connectivity index (χ2v) is 4.78. The molecule has 22 heavy (non-hydrogen) atoms. The summed E-state index contributed by atoms with van der Waals surface area (Å²) in [6, 6.07) is 1.79. The number of aromatic nitrogens is 5. The van der Waals surface area contributed by atoms with Gasteiger partial charge in [0.2, 0.25) is 0 Å². The average Bonchev–Trinajstić information content (AvgIpc) is 3.01. The molecule has 2 amide bonds. The van der Waals surface area contributed by atoms with Gasteiger partial charge in [-0.3, -0.25) is 14.3 Å². The second-order valence-electron chi connectivity index (χ2n) is 4.78. The van der Waals surface area contributed by atoms with Crippen molar-refractivity contribution in [2.45, 2.75) is 6.92 Å². The van der Waals surface area contributed by atoms with Crippen molar-refractivity contribution >= 4 is 23.1 Å². The molecule has 0 saturated carbocycles. The lowest BCUT2D eigenvalue weighted by Gasteiger charge is -2.02. The predicted octanol–water partition coefficient (Wildman–Crippen LogP) is 0.122. The Bertz CT molecular complexity index is 893. The number of nitrogens with two attached hydrogens (primary N) is 1. The van der Waals surface area contributed by atoms with Crippen molar-refractivity contribution < 1.29 is 9.59 Å². The van der Waals surface area contributed by atoms with E-state index in [-0.39, 0.29) is 11.4 Å². The number of hydrogen-bond donors (Lipinski definition) is 2. The number of carbonyl (C=O) groups is 2. The highest BCUT2D eigenvalue weighted by Gasteiger charge is 2.19. The molecule has 9 nitrogen and oxygen atoms in total. The molecule has 0 saturated heterocycles. The summed E-state index contributed by atoms with van der Waals surface area (Å²) in [5.41, 5.74) is 6.97. The van der Waals surface area contributed by atoms with Gasteiger partial charge in [-0.15, -0.1) is 0 Å². The van der Waals surface area contributed by atoms with E-state index in [1.165, 1.54) is 21.6 Å². The predicted molar refractivity (Wildman–Crippen MR) is 77.4 cm³/mol. The first-order chi connectivity index (χ1) is 10.5. The van der Waals surface area contributed by atoms with E-state index in [4.69, 9.17) is 5.73 Å². The molecule has 3 heterocycles. The van der Waals surface area contributed by atoms with E-state index in [1.807, 2.05) is 6.92 Å². The number of nitrogens with one attached hydrogen (secondary N) is 1. The van der Waals surface area contributed by atoms with E-state index in [0.717, 1.165) is 5.69 Å². The normalized spacial score (nSPS) is 10.8. The number of nitrogens with zero attached hydrogens (tertiary/aromatic N) is 5. The van der Waals surface area contributed by atoms with E-state index in [1.54, 1.807) is 19.3 Å². The number of fused-ring (bicyclic) bond motifs is 1. The van der Waals surface area contributed by atoms with Crippen LogP contribution in [0.25, 0.3) is 5.65 Å². The number of aryl methyl sites for hydroxylation is 2. The summed E-state index contributed by atoms with van der Waals surface area (Å²) in [6.07, 6.45) is 4.63. The van der Waals surface area contributed by atoms with Crippen molar-refractivity contribution in [3.05, 3.63) is 41.6 Å². The van der Waals surface area contributed by atoms with Crippen molar-refractivity contribution in [2.24, 2.45) is 12.8 Å². The molecule has 0 aliphatic rings. The van der Waals surface area contributed by atoms with Crippen LogP contribution in [-0.4, -0.2) is 36.2 Å². The van der Waals surface area contributed by atoms with Crippen LogP contribution in [0.3, 0.4) is 0 Å². The molecule has 0 unspecified atom stereocenters. The highest BCUT2D eigenvalue weighted by Crippen LogP contribution is 2.16. The van der Waals surface area contributed by atoms with Crippen LogP contribution in [0.1, 0.15) is 26.5 Å². The Balaban J connectivity index is 1.97. The smallest absolute Gasteiger partial charge is 0.271 e. The quantitative estimate of drug-likeness (QED) is 0.711. The largest absolute Gasteiger partial charge is 0.364 e. The zero-order valence-corrected chi connectivity index (χ0v) is 11.9. The number of carbonyl (C=O) groups excluding carboxylic acids is 2. The van der Waals surface area contributed by atoms with Crippen LogP contribution in [-0.2, 0) is 7.05 Å². The summed E-state index contributed by atoms with van der Waals surface area (Å²) < 4.78 is 2.90. The molecule has 0 fully saturated rings. The summed E-state index contributed by atoms with van der Waals surface area (Å²) in [6.45, 7) is 1.82. The molecular weight excluding hydrogens is 286 g/mol. The van der Waals surface area contributed by atoms with Gasteiger partial charge in [-0.05, 0) is 13.0 Å². The van der Waals surface area contributed by atoms with Crippen molar-refractivity contribution in [2.75, 3.05) is 5.32 Å². The van der Waals surface area contributed by atoms with Gasteiger partial charge in [0.1, 0.15) is 5.56 Å². The molecule has 3 aromatic rings. The lowest BCUT2D eigenvalue weighted by molar-refractivity contribution is 0.0995. The van der Waals surface area contributed by atoms with Gasteiger partial charge in [0.15, 0.2) is 11.3 Å². The number of anilines is 1. The Labute approximate surface area is 124 Å². The molecule has 0 atom stereocenters. The third kappa shape index (κ3) is 2.28. The Kier molecular flexibility index (Phi) is 3.09. The van der Waals surface area contributed by atoms with Gasteiger partial charge in [0, 0.05) is 25.1 Å². The summed E-state index contributed by atoms with van der Waals surface area (Å²) in [5, 5.41) is 10.6. The standard InChI is InChI=1S/C13H13N7O2/c1-7-3-4-20-12(16-7)8(5-15-20)13(22)17-9-6-19(2)18-10(9)11(14)21/h3-6H,1-2H3,(H2,14,21)(H,17,22). The van der Waals surface area contributed by atoms with Crippen LogP contribution in [0.15, 0.2) is 24.7 Å². The molecule has 0 radical (unpaired) electrons. The van der Waals surface area contributed by atoms with Crippen molar-refractivity contribution in [3.8, 4) is 0 Å². The Morgan fingerprint density at radius 2 is 2.14 bits per heavy atom. The highest BCUT2D eigenvalue weighted by atomic mass is 16.2. The van der Waals surface area contributed by atoms with Gasteiger partial charge in [-0.1, -0.05) is 0 Å². The molecule has 0 bridgehead atoms. The lowest BCUT2D eigenvalue weighted by Crippen LogP contribution is -2.18. The van der Waals surface area contributed by atoms with Crippen LogP contribution in [0.2, 0.25) is 0 Å². The maximum absolute atomic E-state index is 12.4. The maximum Gasteiger partial charge on any atom is 0.271 e. The van der Waals surface area contributed by atoms with Gasteiger partial charge in [-0.25, -0.2) is 9.50 Å². The molecule has 112 valence electrons. The lowest BCUT2D eigenvalue weighted by atomic mass is 10.3. The minimum Gasteiger partial charge on any atom is -0.364 e. The van der Waals surface area contributed by atoms with Gasteiger partial charge >= 0.3 is 0 Å². The Hall–Kier alpha value is -3.23. The van der Waals surface area contributed by atoms with Gasteiger partial charge in [0.05, 0.1) is 11.9 Å². The van der Waals surface area contributed by atoms with E-state index < -0.39 is 11.8 Å². The molecule has 3 rings (SSSR count). The fraction of sp³-hybridized carbons (Fsp3) is 0.154. The van der Waals surface area contributed by atoms with Crippen LogP contribution in [0, 0.1) is 6.92 Å². The molecule has 3 N–H and O–H groups in total. The summed E-state index contributed by atoms with van der Waals surface area (Å²) in [5.74, 6) is -1.16. The minimum atomic E-state index is -0.718. The minimum absolute atomic E-state index is 0.00327. The topological polar surface area (TPSA) is 120 Å². The first-order valence-corrected chi connectivity index (χ1v) is 6.41. The third-order valence-corrected chi connectivity index (χ3v) is 3.06. The van der Waals surface area contributed by atoms with Crippen LogP contribution < -0.4 is 11.1 Å². The number of primary amides is 1. The maximum atomic E-state index is 12.4. The monoisotopic (exact) mass is 299 g/mol. The molecular formula is C13H13N7O2. The summed E-state index contributed by atoms with van der Waals surface area (Å²) in [7, 11) is 1.63. The number of hydrogen-bond acceptors (Lipinski definition) is 5.